The van der Waals surface area contributed by atoms with Gasteiger partial charge in [0.1, 0.15) is 5.82 Å². The van der Waals surface area contributed by atoms with Crippen LogP contribution in [0.4, 0.5) is 15.8 Å². The zero-order valence-corrected chi connectivity index (χ0v) is 8.72. The Morgan fingerprint density at radius 1 is 1.40 bits per heavy atom. The molecule has 0 bridgehead atoms. The number of anilines is 2. The zero-order valence-electron chi connectivity index (χ0n) is 7.90. The number of benzene rings is 1. The Bertz CT molecular complexity index is 447. The second kappa shape index (κ2) is 4.45. The van der Waals surface area contributed by atoms with Gasteiger partial charge in [0.2, 0.25) is 10.0 Å². The van der Waals surface area contributed by atoms with E-state index >= 15 is 0 Å². The number of rotatable bonds is 4. The second-order valence-electron chi connectivity index (χ2n) is 3.03. The maximum atomic E-state index is 13.1. The van der Waals surface area contributed by atoms with Gasteiger partial charge in [0.25, 0.3) is 0 Å². The van der Waals surface area contributed by atoms with Crippen molar-refractivity contribution in [2.24, 2.45) is 5.14 Å². The highest BCUT2D eigenvalue weighted by Crippen LogP contribution is 2.16. The van der Waals surface area contributed by atoms with Crippen LogP contribution in [0.25, 0.3) is 0 Å². The van der Waals surface area contributed by atoms with Crippen molar-refractivity contribution in [3.8, 4) is 0 Å². The minimum atomic E-state index is -3.52. The van der Waals surface area contributed by atoms with E-state index < -0.39 is 15.8 Å². The van der Waals surface area contributed by atoms with Crippen molar-refractivity contribution in [2.45, 2.75) is 0 Å². The maximum Gasteiger partial charge on any atom is 0.210 e. The van der Waals surface area contributed by atoms with E-state index in [1.54, 1.807) is 0 Å². The lowest BCUT2D eigenvalue weighted by atomic mass is 10.2. The molecular weight excluding hydrogens is 221 g/mol. The van der Waals surface area contributed by atoms with Gasteiger partial charge in [-0.2, -0.15) is 0 Å². The number of hydrogen-bond acceptors (Lipinski definition) is 4. The summed E-state index contributed by atoms with van der Waals surface area (Å²) in [4.78, 5) is 0. The van der Waals surface area contributed by atoms with Gasteiger partial charge in [-0.25, -0.2) is 17.9 Å². The van der Waals surface area contributed by atoms with Crippen molar-refractivity contribution in [3.63, 3.8) is 0 Å². The third-order valence-electron chi connectivity index (χ3n) is 1.70. The first kappa shape index (κ1) is 11.7. The summed E-state index contributed by atoms with van der Waals surface area (Å²) < 4.78 is 34.3. The molecule has 7 heteroatoms. The molecule has 0 fully saturated rings. The number of primary sulfonamides is 1. The molecule has 5 N–H and O–H groups in total. The third kappa shape index (κ3) is 4.13. The smallest absolute Gasteiger partial charge is 0.210 e. The van der Waals surface area contributed by atoms with E-state index in [9.17, 15) is 12.8 Å². The number of nitrogen functional groups attached to an aromatic ring is 1. The molecule has 1 aromatic rings. The quantitative estimate of drug-likeness (QED) is 0.643. The zero-order chi connectivity index (χ0) is 11.5. The lowest BCUT2D eigenvalue weighted by Crippen LogP contribution is -2.22. The van der Waals surface area contributed by atoms with E-state index in [0.717, 1.165) is 6.07 Å². The average molecular weight is 233 g/mol. The summed E-state index contributed by atoms with van der Waals surface area (Å²) in [5, 5.41) is 7.39. The normalized spacial score (nSPS) is 11.3. The molecule has 0 heterocycles. The molecule has 0 aliphatic rings. The van der Waals surface area contributed by atoms with E-state index in [2.05, 4.69) is 5.32 Å². The Kier molecular flexibility index (Phi) is 3.48. The highest BCUT2D eigenvalue weighted by Gasteiger charge is 2.04. The largest absolute Gasteiger partial charge is 0.399 e. The van der Waals surface area contributed by atoms with Gasteiger partial charge in [0, 0.05) is 12.2 Å². The van der Waals surface area contributed by atoms with Crippen molar-refractivity contribution in [1.29, 1.82) is 0 Å². The molecular formula is C8H12FN3O2S. The monoisotopic (exact) mass is 233 g/mol. The van der Waals surface area contributed by atoms with Gasteiger partial charge in [0.05, 0.1) is 11.4 Å². The minimum Gasteiger partial charge on any atom is -0.399 e. The second-order valence-corrected chi connectivity index (χ2v) is 4.77. The molecule has 0 radical (unpaired) electrons. The van der Waals surface area contributed by atoms with Crippen LogP contribution in [0.15, 0.2) is 18.2 Å². The SMILES string of the molecule is Nc1ccc(NCCS(N)(=O)=O)c(F)c1. The van der Waals surface area contributed by atoms with Crippen LogP contribution in [0, 0.1) is 5.82 Å². The average Bonchev–Trinajstić information content (AvgIpc) is 2.07. The van der Waals surface area contributed by atoms with E-state index in [-0.39, 0.29) is 18.0 Å². The Hall–Kier alpha value is -1.34. The van der Waals surface area contributed by atoms with Gasteiger partial charge in [-0.15, -0.1) is 0 Å². The van der Waals surface area contributed by atoms with Crippen LogP contribution in [0.5, 0.6) is 0 Å². The van der Waals surface area contributed by atoms with E-state index in [0.29, 0.717) is 5.69 Å². The van der Waals surface area contributed by atoms with Crippen LogP contribution in [-0.4, -0.2) is 20.7 Å². The van der Waals surface area contributed by atoms with Crippen LogP contribution >= 0.6 is 0 Å². The van der Waals surface area contributed by atoms with Crippen LogP contribution < -0.4 is 16.2 Å². The third-order valence-corrected chi connectivity index (χ3v) is 2.47. The Morgan fingerprint density at radius 3 is 2.60 bits per heavy atom. The number of sulfonamides is 1. The lowest BCUT2D eigenvalue weighted by molar-refractivity contribution is 0.597. The van der Waals surface area contributed by atoms with Crippen molar-refractivity contribution < 1.29 is 12.8 Å². The Morgan fingerprint density at radius 2 is 2.07 bits per heavy atom. The first-order chi connectivity index (χ1) is 6.88. The van der Waals surface area contributed by atoms with Crippen LogP contribution in [0.1, 0.15) is 0 Å². The van der Waals surface area contributed by atoms with Gasteiger partial charge in [-0.3, -0.25) is 0 Å². The first-order valence-corrected chi connectivity index (χ1v) is 5.89. The fraction of sp³-hybridized carbons (Fsp3) is 0.250. The molecule has 15 heavy (non-hydrogen) atoms. The van der Waals surface area contributed by atoms with Gasteiger partial charge >= 0.3 is 0 Å². The van der Waals surface area contributed by atoms with E-state index in [4.69, 9.17) is 10.9 Å². The molecule has 0 aromatic heterocycles. The summed E-state index contributed by atoms with van der Waals surface area (Å²) in [6.45, 7) is 0.0552. The van der Waals surface area contributed by atoms with Gasteiger partial charge in [0.15, 0.2) is 0 Å². The summed E-state index contributed by atoms with van der Waals surface area (Å²) in [5.41, 5.74) is 5.85. The molecule has 0 saturated carbocycles. The first-order valence-electron chi connectivity index (χ1n) is 4.18. The fourth-order valence-corrected chi connectivity index (χ4v) is 1.39. The maximum absolute atomic E-state index is 13.1. The van der Waals surface area contributed by atoms with Crippen LogP contribution in [-0.2, 0) is 10.0 Å². The predicted molar refractivity (Wildman–Crippen MR) is 57.3 cm³/mol. The summed E-state index contributed by atoms with van der Waals surface area (Å²) >= 11 is 0. The molecule has 0 unspecified atom stereocenters. The van der Waals surface area contributed by atoms with Crippen molar-refractivity contribution >= 4 is 21.4 Å². The fourth-order valence-electron chi connectivity index (χ4n) is 1.00. The molecule has 0 spiro atoms. The summed E-state index contributed by atoms with van der Waals surface area (Å²) in [7, 11) is -3.52. The minimum absolute atomic E-state index is 0.0552. The number of halogens is 1. The number of nitrogens with one attached hydrogen (secondary N) is 1. The highest BCUT2D eigenvalue weighted by atomic mass is 32.2. The van der Waals surface area contributed by atoms with Crippen molar-refractivity contribution in [2.75, 3.05) is 23.3 Å². The Labute approximate surface area is 87.3 Å². The van der Waals surface area contributed by atoms with Crippen molar-refractivity contribution in [3.05, 3.63) is 24.0 Å². The molecule has 84 valence electrons. The van der Waals surface area contributed by atoms with Crippen LogP contribution in [0.2, 0.25) is 0 Å². The molecule has 0 aliphatic heterocycles. The summed E-state index contributed by atoms with van der Waals surface area (Å²) in [6, 6.07) is 4.11. The topological polar surface area (TPSA) is 98.2 Å². The summed E-state index contributed by atoms with van der Waals surface area (Å²) in [5.74, 6) is -0.777. The van der Waals surface area contributed by atoms with Gasteiger partial charge in [-0.1, -0.05) is 0 Å². The molecule has 5 nitrogen and oxygen atoms in total. The van der Waals surface area contributed by atoms with E-state index in [1.165, 1.54) is 12.1 Å². The predicted octanol–water partition coefficient (Wildman–Crippen LogP) is 0.108. The number of nitrogens with two attached hydrogens (primary N) is 2. The van der Waals surface area contributed by atoms with E-state index in [1.807, 2.05) is 0 Å². The number of hydrogen-bond donors (Lipinski definition) is 3. The van der Waals surface area contributed by atoms with Crippen molar-refractivity contribution in [1.82, 2.24) is 0 Å². The Balaban J connectivity index is 2.59. The molecule has 0 amide bonds. The summed E-state index contributed by atoms with van der Waals surface area (Å²) in [6.07, 6.45) is 0. The molecule has 1 rings (SSSR count). The molecule has 0 aliphatic carbocycles. The molecule has 0 atom stereocenters. The molecule has 1 aromatic carbocycles. The van der Waals surface area contributed by atoms with Gasteiger partial charge < -0.3 is 11.1 Å². The highest BCUT2D eigenvalue weighted by molar-refractivity contribution is 7.89. The lowest BCUT2D eigenvalue weighted by Gasteiger charge is -2.06. The van der Waals surface area contributed by atoms with Crippen LogP contribution in [0.3, 0.4) is 0 Å². The van der Waals surface area contributed by atoms with Gasteiger partial charge in [-0.05, 0) is 18.2 Å². The standard InChI is InChI=1S/C8H12FN3O2S/c9-7-5-6(10)1-2-8(7)12-3-4-15(11,13)14/h1-2,5,12H,3-4,10H2,(H2,11,13,14). The molecule has 0 saturated heterocycles.